The summed E-state index contributed by atoms with van der Waals surface area (Å²) in [5.74, 6) is 0. The number of nitrogens with zero attached hydrogens (tertiary/aromatic N) is 4. The van der Waals surface area contributed by atoms with Crippen LogP contribution < -0.4 is 5.36 Å². The van der Waals surface area contributed by atoms with Gasteiger partial charge in [-0.1, -0.05) is 6.08 Å². The van der Waals surface area contributed by atoms with Gasteiger partial charge in [0.1, 0.15) is 17.7 Å². The van der Waals surface area contributed by atoms with Crippen molar-refractivity contribution in [2.75, 3.05) is 0 Å². The topological polar surface area (TPSA) is 64.9 Å². The van der Waals surface area contributed by atoms with Gasteiger partial charge in [-0.3, -0.25) is 4.99 Å². The molecule has 0 atom stereocenters. The van der Waals surface area contributed by atoms with E-state index >= 15 is 0 Å². The SMILES string of the molecule is C=CCn1ccc(=NC=C(C#N)C#N)cc1. The number of aromatic nitrogens is 1. The monoisotopic (exact) mass is 210 g/mol. The molecule has 0 fully saturated rings. The smallest absolute Gasteiger partial charge is 0.147 e. The number of pyridine rings is 1. The van der Waals surface area contributed by atoms with Crippen LogP contribution in [0.25, 0.3) is 0 Å². The van der Waals surface area contributed by atoms with E-state index in [2.05, 4.69) is 11.6 Å². The molecule has 0 spiro atoms. The summed E-state index contributed by atoms with van der Waals surface area (Å²) in [6.07, 6.45) is 6.76. The third-order valence-electron chi connectivity index (χ3n) is 1.80. The van der Waals surface area contributed by atoms with Crippen molar-refractivity contribution in [3.8, 4) is 12.1 Å². The van der Waals surface area contributed by atoms with E-state index in [-0.39, 0.29) is 5.57 Å². The van der Waals surface area contributed by atoms with Gasteiger partial charge in [0.15, 0.2) is 0 Å². The molecule has 78 valence electrons. The van der Waals surface area contributed by atoms with Crippen molar-refractivity contribution >= 4 is 0 Å². The van der Waals surface area contributed by atoms with Crippen molar-refractivity contribution in [1.82, 2.24) is 4.57 Å². The first-order valence-corrected chi connectivity index (χ1v) is 4.61. The molecule has 0 saturated carbocycles. The van der Waals surface area contributed by atoms with E-state index in [9.17, 15) is 0 Å². The van der Waals surface area contributed by atoms with E-state index in [1.54, 1.807) is 30.3 Å². The van der Waals surface area contributed by atoms with E-state index in [1.807, 2.05) is 17.0 Å². The highest BCUT2D eigenvalue weighted by Gasteiger charge is 1.88. The number of rotatable bonds is 3. The fourth-order valence-corrected chi connectivity index (χ4v) is 1.03. The van der Waals surface area contributed by atoms with E-state index in [1.165, 1.54) is 6.20 Å². The number of nitriles is 2. The summed E-state index contributed by atoms with van der Waals surface area (Å²) >= 11 is 0. The van der Waals surface area contributed by atoms with Gasteiger partial charge < -0.3 is 4.57 Å². The molecule has 0 radical (unpaired) electrons. The first-order chi connectivity index (χ1) is 7.80. The minimum absolute atomic E-state index is 0.0113. The highest BCUT2D eigenvalue weighted by molar-refractivity contribution is 5.34. The number of hydrogen-bond donors (Lipinski definition) is 0. The van der Waals surface area contributed by atoms with Gasteiger partial charge in [-0.2, -0.15) is 10.5 Å². The Hall–Kier alpha value is -2.59. The third-order valence-corrected chi connectivity index (χ3v) is 1.80. The van der Waals surface area contributed by atoms with E-state index in [4.69, 9.17) is 10.5 Å². The lowest BCUT2D eigenvalue weighted by Crippen LogP contribution is -2.04. The lowest BCUT2D eigenvalue weighted by molar-refractivity contribution is 0.810. The highest BCUT2D eigenvalue weighted by Crippen LogP contribution is 1.89. The second-order valence-electron chi connectivity index (χ2n) is 2.94. The minimum Gasteiger partial charge on any atom is -0.350 e. The average Bonchev–Trinajstić information content (AvgIpc) is 2.33. The van der Waals surface area contributed by atoms with Crippen molar-refractivity contribution in [3.63, 3.8) is 0 Å². The van der Waals surface area contributed by atoms with Crippen LogP contribution in [0.1, 0.15) is 0 Å². The summed E-state index contributed by atoms with van der Waals surface area (Å²) in [6.45, 7) is 4.37. The summed E-state index contributed by atoms with van der Waals surface area (Å²) in [6, 6.07) is 7.08. The standard InChI is InChI=1S/C12H10N4/c1-2-5-16-6-3-12(4-7-16)15-10-11(8-13)9-14/h2-4,6-7,10H,1,5H2. The summed E-state index contributed by atoms with van der Waals surface area (Å²) in [5, 5.41) is 17.7. The Morgan fingerprint density at radius 2 is 2.00 bits per heavy atom. The summed E-state index contributed by atoms with van der Waals surface area (Å²) in [4.78, 5) is 4.00. The molecular weight excluding hydrogens is 200 g/mol. The minimum atomic E-state index is -0.0113. The normalized spacial score (nSPS) is 8.38. The molecule has 1 rings (SSSR count). The van der Waals surface area contributed by atoms with Crippen molar-refractivity contribution in [2.45, 2.75) is 6.54 Å². The van der Waals surface area contributed by atoms with Crippen molar-refractivity contribution in [2.24, 2.45) is 4.99 Å². The molecule has 1 heterocycles. The lowest BCUT2D eigenvalue weighted by atomic mass is 10.3. The molecule has 0 saturated heterocycles. The predicted molar refractivity (Wildman–Crippen MR) is 59.5 cm³/mol. The first-order valence-electron chi connectivity index (χ1n) is 4.61. The van der Waals surface area contributed by atoms with Crippen LogP contribution in [-0.2, 0) is 6.54 Å². The zero-order valence-corrected chi connectivity index (χ0v) is 8.67. The molecule has 16 heavy (non-hydrogen) atoms. The van der Waals surface area contributed by atoms with Crippen LogP contribution in [-0.4, -0.2) is 4.57 Å². The zero-order valence-electron chi connectivity index (χ0n) is 8.67. The molecule has 1 aromatic heterocycles. The molecule has 1 aromatic rings. The average molecular weight is 210 g/mol. The van der Waals surface area contributed by atoms with Crippen molar-refractivity contribution < 1.29 is 0 Å². The van der Waals surface area contributed by atoms with Crippen molar-refractivity contribution in [1.29, 1.82) is 10.5 Å². The fraction of sp³-hybridized carbons (Fsp3) is 0.0833. The molecule has 0 aliphatic rings. The van der Waals surface area contributed by atoms with E-state index in [0.717, 1.165) is 6.54 Å². The molecule has 0 aromatic carbocycles. The first kappa shape index (κ1) is 11.5. The van der Waals surface area contributed by atoms with Crippen LogP contribution in [0.2, 0.25) is 0 Å². The molecule has 0 aliphatic carbocycles. The Kier molecular flexibility index (Phi) is 4.31. The Bertz CT molecular complexity index is 513. The molecule has 0 unspecified atom stereocenters. The molecule has 0 amide bonds. The number of allylic oxidation sites excluding steroid dienone is 2. The van der Waals surface area contributed by atoms with Gasteiger partial charge in [0.25, 0.3) is 0 Å². The van der Waals surface area contributed by atoms with E-state index < -0.39 is 0 Å². The van der Waals surface area contributed by atoms with Gasteiger partial charge >= 0.3 is 0 Å². The maximum atomic E-state index is 8.50. The quantitative estimate of drug-likeness (QED) is 0.560. The van der Waals surface area contributed by atoms with Crippen LogP contribution in [0.5, 0.6) is 0 Å². The highest BCUT2D eigenvalue weighted by atomic mass is 14.9. The van der Waals surface area contributed by atoms with Gasteiger partial charge in [-0.25, -0.2) is 0 Å². The Morgan fingerprint density at radius 3 is 2.50 bits per heavy atom. The summed E-state index contributed by atoms with van der Waals surface area (Å²) < 4.78 is 1.94. The maximum Gasteiger partial charge on any atom is 0.147 e. The third kappa shape index (κ3) is 3.28. The van der Waals surface area contributed by atoms with E-state index in [0.29, 0.717) is 5.36 Å². The van der Waals surface area contributed by atoms with Crippen LogP contribution in [0, 0.1) is 22.7 Å². The van der Waals surface area contributed by atoms with Crippen molar-refractivity contribution in [3.05, 3.63) is 54.3 Å². The van der Waals surface area contributed by atoms with Gasteiger partial charge in [-0.05, 0) is 12.1 Å². The molecule has 0 N–H and O–H groups in total. The molecule has 0 aliphatic heterocycles. The fourth-order valence-electron chi connectivity index (χ4n) is 1.03. The van der Waals surface area contributed by atoms with Crippen LogP contribution >= 0.6 is 0 Å². The van der Waals surface area contributed by atoms with Gasteiger partial charge in [0.2, 0.25) is 0 Å². The van der Waals surface area contributed by atoms with Crippen LogP contribution in [0.15, 0.2) is 53.9 Å². The Labute approximate surface area is 93.7 Å². The van der Waals surface area contributed by atoms with Gasteiger partial charge in [0.05, 0.1) is 11.6 Å². The Balaban J connectivity index is 2.95. The van der Waals surface area contributed by atoms with Gasteiger partial charge in [0, 0.05) is 18.9 Å². The second-order valence-corrected chi connectivity index (χ2v) is 2.94. The summed E-state index contributed by atoms with van der Waals surface area (Å²) in [5.41, 5.74) is -0.0113. The molecule has 0 bridgehead atoms. The number of hydrogen-bond acceptors (Lipinski definition) is 3. The molecule has 4 nitrogen and oxygen atoms in total. The van der Waals surface area contributed by atoms with Gasteiger partial charge in [-0.15, -0.1) is 6.58 Å². The van der Waals surface area contributed by atoms with Crippen LogP contribution in [0.4, 0.5) is 0 Å². The van der Waals surface area contributed by atoms with Crippen LogP contribution in [0.3, 0.4) is 0 Å². The lowest BCUT2D eigenvalue weighted by Gasteiger charge is -1.99. The summed E-state index contributed by atoms with van der Waals surface area (Å²) in [7, 11) is 0. The zero-order chi connectivity index (χ0) is 11.8. The maximum absolute atomic E-state index is 8.50. The second kappa shape index (κ2) is 6.00. The molecular formula is C12H10N4. The Morgan fingerprint density at radius 1 is 1.38 bits per heavy atom. The molecule has 4 heteroatoms. The largest absolute Gasteiger partial charge is 0.350 e. The predicted octanol–water partition coefficient (Wildman–Crippen LogP) is 1.51.